The Morgan fingerprint density at radius 1 is 1.33 bits per heavy atom. The number of nitrogens with one attached hydrogen (secondary N) is 1. The third-order valence-electron chi connectivity index (χ3n) is 3.03. The molecule has 1 rings (SSSR count). The van der Waals surface area contributed by atoms with Crippen LogP contribution in [-0.4, -0.2) is 33.8 Å². The summed E-state index contributed by atoms with van der Waals surface area (Å²) in [5.74, 6) is -1.84. The smallest absolute Gasteiger partial charge is 0.332 e. The zero-order valence-corrected chi connectivity index (χ0v) is 15.2. The number of benzene rings is 1. The molecular weight excluding hydrogens is 382 g/mol. The van der Waals surface area contributed by atoms with Crippen molar-refractivity contribution in [1.29, 1.82) is 0 Å². The first-order chi connectivity index (χ1) is 10.9. The van der Waals surface area contributed by atoms with E-state index in [9.17, 15) is 26.8 Å². The van der Waals surface area contributed by atoms with Gasteiger partial charge in [-0.05, 0) is 43.5 Å². The predicted molar refractivity (Wildman–Crippen MR) is 85.3 cm³/mol. The number of rotatable bonds is 6. The fourth-order valence-corrected chi connectivity index (χ4v) is 2.90. The van der Waals surface area contributed by atoms with Crippen molar-refractivity contribution >= 4 is 42.7 Å². The molecule has 1 N–H and O–H groups in total. The van der Waals surface area contributed by atoms with E-state index in [-0.39, 0.29) is 18.4 Å². The summed E-state index contributed by atoms with van der Waals surface area (Å²) in [5, 5.41) is 0. The molecule has 0 aliphatic rings. The number of carbonyl (C=O) groups is 2. The van der Waals surface area contributed by atoms with Crippen LogP contribution in [0.3, 0.4) is 0 Å². The van der Waals surface area contributed by atoms with Crippen LogP contribution in [0.4, 0.5) is 0 Å². The van der Waals surface area contributed by atoms with E-state index in [1.807, 2.05) is 5.48 Å². The van der Waals surface area contributed by atoms with Crippen LogP contribution in [0, 0.1) is 0 Å². The lowest BCUT2D eigenvalue weighted by atomic mass is 10.1. The lowest BCUT2D eigenvalue weighted by molar-refractivity contribution is -0.149. The second-order valence-electron chi connectivity index (χ2n) is 5.33. The molecule has 11 heteroatoms. The topological polar surface area (TPSA) is 130 Å². The van der Waals surface area contributed by atoms with Crippen molar-refractivity contribution < 1.29 is 31.6 Å². The fraction of sp³-hybridized carbons (Fsp3) is 0.385. The predicted octanol–water partition coefficient (Wildman–Crippen LogP) is 1.24. The van der Waals surface area contributed by atoms with Gasteiger partial charge in [-0.3, -0.25) is 9.00 Å². The number of amides is 1. The monoisotopic (exact) mass is 396 g/mol. The standard InChI is InChI=1S/C13H16ClNO7S2/c1-13(2,23(18)19)8-7-11(16)22-15-12(17)9-5-3-4-6-10(9)24(14,20)21/h3-6H,7-8H2,1-2H3,(H,15,17)(H,18,19)/p-1. The van der Waals surface area contributed by atoms with Gasteiger partial charge in [-0.2, -0.15) is 5.48 Å². The highest BCUT2D eigenvalue weighted by Crippen LogP contribution is 2.20. The molecule has 0 fully saturated rings. The van der Waals surface area contributed by atoms with Crippen molar-refractivity contribution in [1.82, 2.24) is 5.48 Å². The molecule has 8 nitrogen and oxygen atoms in total. The van der Waals surface area contributed by atoms with Crippen LogP contribution in [0.25, 0.3) is 0 Å². The molecule has 0 radical (unpaired) electrons. The number of hydrogen-bond donors (Lipinski definition) is 1. The minimum absolute atomic E-state index is 0.00946. The third kappa shape index (κ3) is 5.86. The molecule has 134 valence electrons. The van der Waals surface area contributed by atoms with E-state index in [0.29, 0.717) is 0 Å². The van der Waals surface area contributed by atoms with Gasteiger partial charge >= 0.3 is 5.97 Å². The van der Waals surface area contributed by atoms with Crippen LogP contribution >= 0.6 is 10.7 Å². The molecule has 0 aliphatic carbocycles. The Hall–Kier alpha value is -1.49. The van der Waals surface area contributed by atoms with Gasteiger partial charge in [0.25, 0.3) is 15.0 Å². The fourth-order valence-electron chi connectivity index (χ4n) is 1.56. The largest absolute Gasteiger partial charge is 0.772 e. The molecule has 0 aliphatic heterocycles. The SMILES string of the molecule is CC(C)(CCC(=O)ONC(=O)c1ccccc1S(=O)(=O)Cl)S(=O)[O-]. The summed E-state index contributed by atoms with van der Waals surface area (Å²) in [6.45, 7) is 2.87. The molecule has 1 amide bonds. The second-order valence-corrected chi connectivity index (χ2v) is 9.44. The Bertz CT molecular complexity index is 761. The summed E-state index contributed by atoms with van der Waals surface area (Å²) in [5.41, 5.74) is 1.52. The lowest BCUT2D eigenvalue weighted by Gasteiger charge is -2.26. The highest BCUT2D eigenvalue weighted by atomic mass is 35.7. The molecular formula is C13H15ClNO7S2-. The number of carbonyl (C=O) groups excluding carboxylic acids is 2. The highest BCUT2D eigenvalue weighted by molar-refractivity contribution is 8.13. The van der Waals surface area contributed by atoms with Crippen LogP contribution in [0.2, 0.25) is 0 Å². The van der Waals surface area contributed by atoms with Gasteiger partial charge in [0.15, 0.2) is 0 Å². The summed E-state index contributed by atoms with van der Waals surface area (Å²) in [6.07, 6.45) is -0.263. The third-order valence-corrected chi connectivity index (χ3v) is 5.52. The van der Waals surface area contributed by atoms with Gasteiger partial charge in [-0.25, -0.2) is 13.2 Å². The maximum absolute atomic E-state index is 11.9. The first kappa shape index (κ1) is 20.6. The summed E-state index contributed by atoms with van der Waals surface area (Å²) in [6, 6.07) is 5.12. The normalized spacial score (nSPS) is 13.2. The molecule has 1 aromatic rings. The van der Waals surface area contributed by atoms with E-state index >= 15 is 0 Å². The zero-order chi connectivity index (χ0) is 18.5. The Kier molecular flexibility index (Phi) is 6.90. The first-order valence-corrected chi connectivity index (χ1v) is 9.96. The van der Waals surface area contributed by atoms with E-state index in [4.69, 9.17) is 10.7 Å². The van der Waals surface area contributed by atoms with Gasteiger partial charge in [-0.1, -0.05) is 12.1 Å². The molecule has 0 saturated carbocycles. The van der Waals surface area contributed by atoms with Crippen molar-refractivity contribution in [2.45, 2.75) is 36.3 Å². The van der Waals surface area contributed by atoms with E-state index in [1.165, 1.54) is 32.0 Å². The summed E-state index contributed by atoms with van der Waals surface area (Å²) < 4.78 is 43.5. The highest BCUT2D eigenvalue weighted by Gasteiger charge is 2.23. The molecule has 0 aromatic heterocycles. The van der Waals surface area contributed by atoms with E-state index < -0.39 is 41.7 Å². The average molecular weight is 397 g/mol. The molecule has 0 bridgehead atoms. The molecule has 24 heavy (non-hydrogen) atoms. The Labute approximate surface area is 146 Å². The van der Waals surface area contributed by atoms with Gasteiger partial charge in [-0.15, -0.1) is 0 Å². The van der Waals surface area contributed by atoms with Crippen molar-refractivity contribution in [3.8, 4) is 0 Å². The van der Waals surface area contributed by atoms with Crippen molar-refractivity contribution in [2.75, 3.05) is 0 Å². The van der Waals surface area contributed by atoms with Crippen molar-refractivity contribution in [2.24, 2.45) is 0 Å². The molecule has 0 spiro atoms. The molecule has 1 aromatic carbocycles. The zero-order valence-electron chi connectivity index (χ0n) is 12.8. The van der Waals surface area contributed by atoms with Gasteiger partial charge in [0.05, 0.1) is 10.5 Å². The average Bonchev–Trinajstić information content (AvgIpc) is 2.49. The summed E-state index contributed by atoms with van der Waals surface area (Å²) >= 11 is -2.37. The van der Waals surface area contributed by atoms with Crippen molar-refractivity contribution in [3.05, 3.63) is 29.8 Å². The maximum Gasteiger partial charge on any atom is 0.332 e. The maximum atomic E-state index is 11.9. The minimum atomic E-state index is -4.15. The Morgan fingerprint density at radius 2 is 1.92 bits per heavy atom. The summed E-state index contributed by atoms with van der Waals surface area (Å²) in [4.78, 5) is 27.6. The molecule has 1 unspecified atom stereocenters. The Morgan fingerprint density at radius 3 is 2.46 bits per heavy atom. The van der Waals surface area contributed by atoms with Crippen LogP contribution < -0.4 is 5.48 Å². The second kappa shape index (κ2) is 8.06. The molecule has 0 saturated heterocycles. The van der Waals surface area contributed by atoms with E-state index in [2.05, 4.69) is 4.84 Å². The van der Waals surface area contributed by atoms with Crippen LogP contribution in [0.5, 0.6) is 0 Å². The molecule has 1 atom stereocenters. The van der Waals surface area contributed by atoms with E-state index in [0.717, 1.165) is 6.07 Å². The van der Waals surface area contributed by atoms with Crippen LogP contribution in [0.1, 0.15) is 37.0 Å². The number of hydroxylamine groups is 1. The van der Waals surface area contributed by atoms with Crippen LogP contribution in [-0.2, 0) is 29.8 Å². The first-order valence-electron chi connectivity index (χ1n) is 6.58. The van der Waals surface area contributed by atoms with Crippen LogP contribution in [0.15, 0.2) is 29.2 Å². The molecule has 0 heterocycles. The van der Waals surface area contributed by atoms with Crippen molar-refractivity contribution in [3.63, 3.8) is 0 Å². The van der Waals surface area contributed by atoms with Gasteiger partial charge in [0.2, 0.25) is 0 Å². The minimum Gasteiger partial charge on any atom is -0.772 e. The quantitative estimate of drug-likeness (QED) is 0.435. The summed E-state index contributed by atoms with van der Waals surface area (Å²) in [7, 11) is 1.07. The van der Waals surface area contributed by atoms with Gasteiger partial charge < -0.3 is 9.39 Å². The van der Waals surface area contributed by atoms with E-state index in [1.54, 1.807) is 0 Å². The van der Waals surface area contributed by atoms with Gasteiger partial charge in [0.1, 0.15) is 0 Å². The number of hydrogen-bond acceptors (Lipinski definition) is 7. The Balaban J connectivity index is 2.68. The van der Waals surface area contributed by atoms with Gasteiger partial charge in [0, 0.05) is 21.9 Å². The number of halogens is 1. The lowest BCUT2D eigenvalue weighted by Crippen LogP contribution is -2.31.